The van der Waals surface area contributed by atoms with Gasteiger partial charge in [-0.05, 0) is 37.4 Å². The molecule has 1 heterocycles. The molecule has 0 radical (unpaired) electrons. The standard InChI is InChI=1S/C15H23NO2S/c1-18-15(17)9-13-7-8-14(19-13)11-16-10-12-5-3-2-4-6-12/h7-8,12,16H,2-6,9-11H2,1H3. The van der Waals surface area contributed by atoms with Gasteiger partial charge in [0.15, 0.2) is 0 Å². The van der Waals surface area contributed by atoms with Crippen LogP contribution < -0.4 is 5.32 Å². The van der Waals surface area contributed by atoms with E-state index in [0.29, 0.717) is 6.42 Å². The number of thiophene rings is 1. The van der Waals surface area contributed by atoms with Gasteiger partial charge in [0.1, 0.15) is 0 Å². The summed E-state index contributed by atoms with van der Waals surface area (Å²) >= 11 is 1.70. The molecule has 0 bridgehead atoms. The van der Waals surface area contributed by atoms with Crippen molar-refractivity contribution < 1.29 is 9.53 Å². The fourth-order valence-corrected chi connectivity index (χ4v) is 3.59. The molecule has 1 aliphatic rings. The van der Waals surface area contributed by atoms with Crippen LogP contribution in [0.5, 0.6) is 0 Å². The van der Waals surface area contributed by atoms with E-state index in [1.54, 1.807) is 11.3 Å². The average Bonchev–Trinajstić information content (AvgIpc) is 2.87. The fourth-order valence-electron chi connectivity index (χ4n) is 2.62. The zero-order valence-corrected chi connectivity index (χ0v) is 12.4. The second-order valence-corrected chi connectivity index (χ2v) is 6.51. The van der Waals surface area contributed by atoms with Crippen LogP contribution in [-0.2, 0) is 22.5 Å². The molecule has 106 valence electrons. The number of ether oxygens (including phenoxy) is 1. The molecular weight excluding hydrogens is 258 g/mol. The third kappa shape index (κ3) is 4.96. The van der Waals surface area contributed by atoms with E-state index in [4.69, 9.17) is 0 Å². The first-order valence-electron chi connectivity index (χ1n) is 7.13. The van der Waals surface area contributed by atoms with Gasteiger partial charge in [-0.15, -0.1) is 11.3 Å². The summed E-state index contributed by atoms with van der Waals surface area (Å²) in [6.45, 7) is 2.05. The molecule has 3 nitrogen and oxygen atoms in total. The lowest BCUT2D eigenvalue weighted by Gasteiger charge is -2.21. The van der Waals surface area contributed by atoms with E-state index in [-0.39, 0.29) is 5.97 Å². The second kappa shape index (κ2) is 7.65. The minimum atomic E-state index is -0.163. The van der Waals surface area contributed by atoms with Gasteiger partial charge in [0, 0.05) is 16.3 Å². The predicted octanol–water partition coefficient (Wildman–Crippen LogP) is 3.13. The summed E-state index contributed by atoms with van der Waals surface area (Å²) in [5, 5.41) is 3.55. The highest BCUT2D eigenvalue weighted by Crippen LogP contribution is 2.23. The van der Waals surface area contributed by atoms with Gasteiger partial charge < -0.3 is 10.1 Å². The first-order chi connectivity index (χ1) is 9.28. The number of nitrogens with one attached hydrogen (secondary N) is 1. The summed E-state index contributed by atoms with van der Waals surface area (Å²) in [5.41, 5.74) is 0. The number of methoxy groups -OCH3 is 1. The molecule has 0 unspecified atom stereocenters. The van der Waals surface area contributed by atoms with Crippen LogP contribution in [0.4, 0.5) is 0 Å². The summed E-state index contributed by atoms with van der Waals surface area (Å²) in [6.07, 6.45) is 7.36. The van der Waals surface area contributed by atoms with Crippen molar-refractivity contribution in [2.75, 3.05) is 13.7 Å². The van der Waals surface area contributed by atoms with Crippen LogP contribution in [0.1, 0.15) is 41.9 Å². The van der Waals surface area contributed by atoms with Gasteiger partial charge in [-0.3, -0.25) is 4.79 Å². The highest BCUT2D eigenvalue weighted by Gasteiger charge is 2.13. The summed E-state index contributed by atoms with van der Waals surface area (Å²) in [6, 6.07) is 4.13. The topological polar surface area (TPSA) is 38.3 Å². The Bertz CT molecular complexity index is 397. The number of esters is 1. The maximum atomic E-state index is 11.2. The lowest BCUT2D eigenvalue weighted by atomic mass is 9.89. The molecule has 0 spiro atoms. The van der Waals surface area contributed by atoms with E-state index in [1.165, 1.54) is 44.1 Å². The number of carbonyl (C=O) groups is 1. The second-order valence-electron chi connectivity index (χ2n) is 5.26. The Labute approximate surface area is 119 Å². The molecule has 0 aliphatic heterocycles. The Morgan fingerprint density at radius 3 is 2.79 bits per heavy atom. The molecular formula is C15H23NO2S. The number of hydrogen-bond acceptors (Lipinski definition) is 4. The number of hydrogen-bond donors (Lipinski definition) is 1. The SMILES string of the molecule is COC(=O)Cc1ccc(CNCC2CCCCC2)s1. The predicted molar refractivity (Wildman–Crippen MR) is 78.3 cm³/mol. The summed E-state index contributed by atoms with van der Waals surface area (Å²) in [5.74, 6) is 0.701. The van der Waals surface area contributed by atoms with Crippen LogP contribution in [0.25, 0.3) is 0 Å². The molecule has 1 aromatic rings. The quantitative estimate of drug-likeness (QED) is 0.814. The van der Waals surface area contributed by atoms with Crippen LogP contribution in [0, 0.1) is 5.92 Å². The molecule has 4 heteroatoms. The molecule has 1 aromatic heterocycles. The Kier molecular flexibility index (Phi) is 5.86. The molecule has 0 atom stereocenters. The third-order valence-electron chi connectivity index (χ3n) is 3.72. The van der Waals surface area contributed by atoms with Gasteiger partial charge in [0.05, 0.1) is 13.5 Å². The molecule has 1 saturated carbocycles. The first-order valence-corrected chi connectivity index (χ1v) is 7.94. The van der Waals surface area contributed by atoms with Gasteiger partial charge in [0.2, 0.25) is 0 Å². The van der Waals surface area contributed by atoms with E-state index in [9.17, 15) is 4.79 Å². The minimum absolute atomic E-state index is 0.163. The normalized spacial score (nSPS) is 16.5. The van der Waals surface area contributed by atoms with Gasteiger partial charge in [0.25, 0.3) is 0 Å². The summed E-state index contributed by atoms with van der Waals surface area (Å²) in [4.78, 5) is 13.6. The molecule has 2 rings (SSSR count). The van der Waals surface area contributed by atoms with Gasteiger partial charge in [-0.25, -0.2) is 0 Å². The van der Waals surface area contributed by atoms with E-state index in [2.05, 4.69) is 16.1 Å². The number of carbonyl (C=O) groups excluding carboxylic acids is 1. The Balaban J connectivity index is 1.69. The lowest BCUT2D eigenvalue weighted by molar-refractivity contribution is -0.139. The Morgan fingerprint density at radius 2 is 2.05 bits per heavy atom. The molecule has 1 N–H and O–H groups in total. The Hall–Kier alpha value is -0.870. The maximum absolute atomic E-state index is 11.2. The highest BCUT2D eigenvalue weighted by atomic mass is 32.1. The molecule has 1 fully saturated rings. The van der Waals surface area contributed by atoms with Crippen molar-refractivity contribution in [1.29, 1.82) is 0 Å². The molecule has 0 saturated heterocycles. The lowest BCUT2D eigenvalue weighted by Crippen LogP contribution is -2.23. The van der Waals surface area contributed by atoms with Crippen molar-refractivity contribution in [1.82, 2.24) is 5.32 Å². The maximum Gasteiger partial charge on any atom is 0.310 e. The van der Waals surface area contributed by atoms with Crippen LogP contribution >= 0.6 is 11.3 Å². The van der Waals surface area contributed by atoms with E-state index in [1.807, 2.05) is 6.07 Å². The van der Waals surface area contributed by atoms with Crippen molar-refractivity contribution in [3.8, 4) is 0 Å². The smallest absolute Gasteiger partial charge is 0.310 e. The first kappa shape index (κ1) is 14.5. The monoisotopic (exact) mass is 281 g/mol. The molecule has 0 aromatic carbocycles. The molecule has 19 heavy (non-hydrogen) atoms. The fraction of sp³-hybridized carbons (Fsp3) is 0.667. The van der Waals surface area contributed by atoms with Crippen LogP contribution in [0.15, 0.2) is 12.1 Å². The van der Waals surface area contributed by atoms with Crippen molar-refractivity contribution >= 4 is 17.3 Å². The molecule has 1 aliphatic carbocycles. The van der Waals surface area contributed by atoms with Crippen molar-refractivity contribution in [3.05, 3.63) is 21.9 Å². The van der Waals surface area contributed by atoms with Crippen LogP contribution in [0.3, 0.4) is 0 Å². The zero-order valence-electron chi connectivity index (χ0n) is 11.6. The zero-order chi connectivity index (χ0) is 13.5. The number of rotatable bonds is 6. The van der Waals surface area contributed by atoms with Gasteiger partial charge >= 0.3 is 5.97 Å². The largest absolute Gasteiger partial charge is 0.469 e. The van der Waals surface area contributed by atoms with E-state index in [0.717, 1.165) is 23.9 Å². The van der Waals surface area contributed by atoms with Crippen molar-refractivity contribution in [2.45, 2.75) is 45.1 Å². The summed E-state index contributed by atoms with van der Waals surface area (Å²) < 4.78 is 4.68. The minimum Gasteiger partial charge on any atom is -0.469 e. The third-order valence-corrected chi connectivity index (χ3v) is 4.81. The van der Waals surface area contributed by atoms with Crippen molar-refractivity contribution in [3.63, 3.8) is 0 Å². The van der Waals surface area contributed by atoms with Gasteiger partial charge in [-0.1, -0.05) is 19.3 Å². The average molecular weight is 281 g/mol. The van der Waals surface area contributed by atoms with Gasteiger partial charge in [-0.2, -0.15) is 0 Å². The van der Waals surface area contributed by atoms with E-state index >= 15 is 0 Å². The molecule has 0 amide bonds. The van der Waals surface area contributed by atoms with Crippen molar-refractivity contribution in [2.24, 2.45) is 5.92 Å². The van der Waals surface area contributed by atoms with Crippen LogP contribution in [-0.4, -0.2) is 19.6 Å². The Morgan fingerprint density at radius 1 is 1.32 bits per heavy atom. The van der Waals surface area contributed by atoms with Crippen LogP contribution in [0.2, 0.25) is 0 Å². The summed E-state index contributed by atoms with van der Waals surface area (Å²) in [7, 11) is 1.43. The highest BCUT2D eigenvalue weighted by molar-refractivity contribution is 7.12. The van der Waals surface area contributed by atoms with E-state index < -0.39 is 0 Å².